The molecular weight excluding hydrogens is 412 g/mol. The minimum atomic E-state index is -0.218. The van der Waals surface area contributed by atoms with E-state index in [1.165, 1.54) is 22.2 Å². The summed E-state index contributed by atoms with van der Waals surface area (Å²) in [5.74, 6) is 1.00. The van der Waals surface area contributed by atoms with E-state index in [1.807, 2.05) is 36.6 Å². The predicted molar refractivity (Wildman–Crippen MR) is 120 cm³/mol. The fraction of sp³-hybridized carbons (Fsp3) is 0.208. The molecule has 0 saturated heterocycles. The SMILES string of the molecule is Cc1ccc(-c2csc3ncn(CC(=O)c4ccc5c(c4)OCCCO5)c(=O)c23)cc1. The van der Waals surface area contributed by atoms with E-state index in [9.17, 15) is 9.59 Å². The van der Waals surface area contributed by atoms with E-state index < -0.39 is 0 Å². The fourth-order valence-corrected chi connectivity index (χ4v) is 4.52. The first kappa shape index (κ1) is 19.5. The van der Waals surface area contributed by atoms with Gasteiger partial charge in [0.25, 0.3) is 5.56 Å². The second-order valence-corrected chi connectivity index (χ2v) is 8.37. The first-order valence-electron chi connectivity index (χ1n) is 10.1. The van der Waals surface area contributed by atoms with Gasteiger partial charge in [-0.2, -0.15) is 0 Å². The highest BCUT2D eigenvalue weighted by atomic mass is 32.1. The zero-order valence-electron chi connectivity index (χ0n) is 17.0. The second-order valence-electron chi connectivity index (χ2n) is 7.51. The third-order valence-corrected chi connectivity index (χ3v) is 6.19. The maximum Gasteiger partial charge on any atom is 0.263 e. The number of fused-ring (bicyclic) bond motifs is 2. The minimum absolute atomic E-state index is 0.0927. The number of benzene rings is 2. The molecule has 2 aromatic heterocycles. The highest BCUT2D eigenvalue weighted by molar-refractivity contribution is 7.17. The Balaban J connectivity index is 1.48. The van der Waals surface area contributed by atoms with Crippen LogP contribution in [0.2, 0.25) is 0 Å². The molecule has 2 aromatic carbocycles. The van der Waals surface area contributed by atoms with Gasteiger partial charge in [0.05, 0.1) is 31.5 Å². The molecule has 0 spiro atoms. The zero-order chi connectivity index (χ0) is 21.4. The van der Waals surface area contributed by atoms with Gasteiger partial charge < -0.3 is 9.47 Å². The quantitative estimate of drug-likeness (QED) is 0.445. The molecular formula is C24H20N2O4S. The molecule has 0 fully saturated rings. The van der Waals surface area contributed by atoms with E-state index in [2.05, 4.69) is 4.98 Å². The number of thiophene rings is 1. The summed E-state index contributed by atoms with van der Waals surface area (Å²) in [7, 11) is 0. The van der Waals surface area contributed by atoms with Crippen LogP contribution in [0.4, 0.5) is 0 Å². The van der Waals surface area contributed by atoms with Gasteiger partial charge >= 0.3 is 0 Å². The van der Waals surface area contributed by atoms with E-state index in [0.717, 1.165) is 23.1 Å². The molecule has 1 aliphatic rings. The Bertz CT molecular complexity index is 1340. The number of carbonyl (C=O) groups excluding carboxylic acids is 1. The minimum Gasteiger partial charge on any atom is -0.490 e. The lowest BCUT2D eigenvalue weighted by atomic mass is 10.0. The summed E-state index contributed by atoms with van der Waals surface area (Å²) in [5, 5.41) is 2.49. The maximum atomic E-state index is 13.2. The van der Waals surface area contributed by atoms with Crippen molar-refractivity contribution in [3.05, 3.63) is 75.7 Å². The van der Waals surface area contributed by atoms with Gasteiger partial charge in [-0.3, -0.25) is 14.2 Å². The number of nitrogens with zero attached hydrogens (tertiary/aromatic N) is 2. The Morgan fingerprint density at radius 2 is 1.87 bits per heavy atom. The summed E-state index contributed by atoms with van der Waals surface area (Å²) in [6.45, 7) is 3.07. The number of Topliss-reactive ketones (excluding diaryl/α,β-unsaturated/α-hetero) is 1. The van der Waals surface area contributed by atoms with Crippen molar-refractivity contribution in [3.8, 4) is 22.6 Å². The van der Waals surface area contributed by atoms with Crippen LogP contribution in [0.1, 0.15) is 22.3 Å². The molecule has 1 aliphatic heterocycles. The normalized spacial score (nSPS) is 13.2. The molecule has 5 rings (SSSR count). The molecule has 0 amide bonds. The van der Waals surface area contributed by atoms with Crippen molar-refractivity contribution in [2.75, 3.05) is 13.2 Å². The van der Waals surface area contributed by atoms with Crippen molar-refractivity contribution in [2.45, 2.75) is 19.9 Å². The van der Waals surface area contributed by atoms with Crippen LogP contribution in [-0.4, -0.2) is 28.5 Å². The number of carbonyl (C=O) groups is 1. The van der Waals surface area contributed by atoms with E-state index in [1.54, 1.807) is 18.2 Å². The van der Waals surface area contributed by atoms with Crippen molar-refractivity contribution in [1.29, 1.82) is 0 Å². The molecule has 31 heavy (non-hydrogen) atoms. The average Bonchev–Trinajstić information content (AvgIpc) is 3.07. The van der Waals surface area contributed by atoms with Crippen LogP contribution in [-0.2, 0) is 6.54 Å². The van der Waals surface area contributed by atoms with Crippen LogP contribution in [0.25, 0.3) is 21.3 Å². The van der Waals surface area contributed by atoms with E-state index in [4.69, 9.17) is 9.47 Å². The Hall–Kier alpha value is -3.45. The van der Waals surface area contributed by atoms with Gasteiger partial charge in [-0.05, 0) is 30.7 Å². The number of aryl methyl sites for hydroxylation is 1. The summed E-state index contributed by atoms with van der Waals surface area (Å²) in [6.07, 6.45) is 2.24. The van der Waals surface area contributed by atoms with Crippen molar-refractivity contribution in [3.63, 3.8) is 0 Å². The molecule has 0 aliphatic carbocycles. The highest BCUT2D eigenvalue weighted by Gasteiger charge is 2.17. The van der Waals surface area contributed by atoms with E-state index in [0.29, 0.717) is 40.5 Å². The average molecular weight is 433 g/mol. The summed E-state index contributed by atoms with van der Waals surface area (Å²) in [5.41, 5.74) is 3.21. The first-order chi connectivity index (χ1) is 15.1. The van der Waals surface area contributed by atoms with Gasteiger partial charge in [0.1, 0.15) is 4.83 Å². The topological polar surface area (TPSA) is 70.4 Å². The molecule has 0 bridgehead atoms. The van der Waals surface area contributed by atoms with Crippen LogP contribution in [0.5, 0.6) is 11.5 Å². The smallest absolute Gasteiger partial charge is 0.263 e. The first-order valence-corrected chi connectivity index (χ1v) is 10.9. The van der Waals surface area contributed by atoms with E-state index in [-0.39, 0.29) is 17.9 Å². The van der Waals surface area contributed by atoms with Gasteiger partial charge in [0, 0.05) is 22.9 Å². The lowest BCUT2D eigenvalue weighted by Gasteiger charge is -2.10. The van der Waals surface area contributed by atoms with Gasteiger partial charge in [-0.1, -0.05) is 29.8 Å². The lowest BCUT2D eigenvalue weighted by Crippen LogP contribution is -2.24. The van der Waals surface area contributed by atoms with Crippen LogP contribution < -0.4 is 15.0 Å². The van der Waals surface area contributed by atoms with E-state index >= 15 is 0 Å². The molecule has 0 N–H and O–H groups in total. The standard InChI is InChI=1S/C24H20N2O4S/c1-15-3-5-16(6-4-15)18-13-31-23-22(18)24(28)26(14-25-23)12-19(27)17-7-8-20-21(11-17)30-10-2-9-29-20/h3-8,11,13-14H,2,9-10,12H2,1H3. The van der Waals surface area contributed by atoms with Crippen LogP contribution >= 0.6 is 11.3 Å². The number of aromatic nitrogens is 2. The molecule has 3 heterocycles. The monoisotopic (exact) mass is 432 g/mol. The summed E-state index contributed by atoms with van der Waals surface area (Å²) in [6, 6.07) is 13.2. The predicted octanol–water partition coefficient (Wildman–Crippen LogP) is 4.48. The largest absolute Gasteiger partial charge is 0.490 e. The van der Waals surface area contributed by atoms with Crippen LogP contribution in [0, 0.1) is 6.92 Å². The molecule has 4 aromatic rings. The lowest BCUT2D eigenvalue weighted by molar-refractivity contribution is 0.0970. The van der Waals surface area contributed by atoms with Crippen molar-refractivity contribution >= 4 is 27.3 Å². The summed E-state index contributed by atoms with van der Waals surface area (Å²) < 4.78 is 12.7. The van der Waals surface area contributed by atoms with Crippen LogP contribution in [0.15, 0.2) is 59.0 Å². The van der Waals surface area contributed by atoms with Crippen molar-refractivity contribution in [2.24, 2.45) is 0 Å². The van der Waals surface area contributed by atoms with Crippen molar-refractivity contribution < 1.29 is 14.3 Å². The Morgan fingerprint density at radius 3 is 2.68 bits per heavy atom. The van der Waals surface area contributed by atoms with Gasteiger partial charge in [-0.15, -0.1) is 11.3 Å². The molecule has 156 valence electrons. The molecule has 7 heteroatoms. The molecule has 0 radical (unpaired) electrons. The molecule has 6 nitrogen and oxygen atoms in total. The Kier molecular flexibility index (Phi) is 5.03. The number of ketones is 1. The summed E-state index contributed by atoms with van der Waals surface area (Å²) >= 11 is 1.43. The second kappa shape index (κ2) is 8.00. The zero-order valence-corrected chi connectivity index (χ0v) is 17.8. The number of hydrogen-bond acceptors (Lipinski definition) is 6. The maximum absolute atomic E-state index is 13.2. The van der Waals surface area contributed by atoms with Crippen molar-refractivity contribution in [1.82, 2.24) is 9.55 Å². The molecule has 0 saturated carbocycles. The fourth-order valence-electron chi connectivity index (χ4n) is 3.61. The third kappa shape index (κ3) is 3.72. The van der Waals surface area contributed by atoms with Gasteiger partial charge in [0.15, 0.2) is 17.3 Å². The Labute approximate surface area is 182 Å². The molecule has 0 atom stereocenters. The Morgan fingerprint density at radius 1 is 1.10 bits per heavy atom. The number of ether oxygens (including phenoxy) is 2. The number of rotatable bonds is 4. The third-order valence-electron chi connectivity index (χ3n) is 5.31. The van der Waals surface area contributed by atoms with Gasteiger partial charge in [0.2, 0.25) is 0 Å². The summed E-state index contributed by atoms with van der Waals surface area (Å²) in [4.78, 5) is 31.2. The highest BCUT2D eigenvalue weighted by Crippen LogP contribution is 2.32. The molecule has 0 unspecified atom stereocenters. The van der Waals surface area contributed by atoms with Crippen LogP contribution in [0.3, 0.4) is 0 Å². The van der Waals surface area contributed by atoms with Gasteiger partial charge in [-0.25, -0.2) is 4.98 Å². The number of hydrogen-bond donors (Lipinski definition) is 0.